The summed E-state index contributed by atoms with van der Waals surface area (Å²) in [5.41, 5.74) is 0. The molecular weight excluding hydrogens is 234 g/mol. The Morgan fingerprint density at radius 1 is 1.53 bits per heavy atom. The van der Waals surface area contributed by atoms with Gasteiger partial charge in [-0.15, -0.1) is 0 Å². The molecule has 0 bridgehead atoms. The van der Waals surface area contributed by atoms with Crippen LogP contribution >= 0.6 is 0 Å². The van der Waals surface area contributed by atoms with Gasteiger partial charge < -0.3 is 30.2 Å². The number of aromatic nitrogens is 2. The van der Waals surface area contributed by atoms with E-state index < -0.39 is 36.1 Å². The Labute approximate surface area is 95.0 Å². The van der Waals surface area contributed by atoms with E-state index in [1.54, 1.807) is 0 Å². The number of hydrogen-bond donors (Lipinski definition) is 3. The summed E-state index contributed by atoms with van der Waals surface area (Å²) >= 11 is 0. The maximum absolute atomic E-state index is 10.7. The highest BCUT2D eigenvalue weighted by molar-refractivity contribution is 5.16. The van der Waals surface area contributed by atoms with Crippen molar-refractivity contribution in [2.45, 2.75) is 24.5 Å². The van der Waals surface area contributed by atoms with Crippen molar-refractivity contribution < 1.29 is 25.0 Å². The summed E-state index contributed by atoms with van der Waals surface area (Å²) in [7, 11) is 0. The van der Waals surface area contributed by atoms with Crippen LogP contribution in [0.2, 0.25) is 0 Å². The first-order valence-corrected chi connectivity index (χ1v) is 4.85. The SMILES string of the molecule is O=[N+]([O-])c1cncn1[C@H]1O[C@H](CO)[C@@H](O)[C@H]1O. The van der Waals surface area contributed by atoms with Crippen LogP contribution in [0.5, 0.6) is 0 Å². The van der Waals surface area contributed by atoms with Crippen molar-refractivity contribution in [3.8, 4) is 0 Å². The van der Waals surface area contributed by atoms with E-state index in [9.17, 15) is 20.3 Å². The van der Waals surface area contributed by atoms with Crippen LogP contribution in [0.4, 0.5) is 5.82 Å². The number of nitro groups is 1. The van der Waals surface area contributed by atoms with E-state index in [-0.39, 0.29) is 5.82 Å². The summed E-state index contributed by atoms with van der Waals surface area (Å²) in [6.07, 6.45) is -2.64. The zero-order chi connectivity index (χ0) is 12.6. The van der Waals surface area contributed by atoms with Gasteiger partial charge in [0.05, 0.1) is 6.61 Å². The minimum atomic E-state index is -1.36. The second-order valence-electron chi connectivity index (χ2n) is 3.65. The summed E-state index contributed by atoms with van der Waals surface area (Å²) in [5, 5.41) is 38.8. The van der Waals surface area contributed by atoms with E-state index in [0.29, 0.717) is 0 Å². The number of aliphatic hydroxyl groups is 3. The predicted octanol–water partition coefficient (Wildman–Crippen LogP) is -1.60. The van der Waals surface area contributed by atoms with Crippen molar-refractivity contribution in [3.63, 3.8) is 0 Å². The van der Waals surface area contributed by atoms with Crippen molar-refractivity contribution in [3.05, 3.63) is 22.6 Å². The zero-order valence-electron chi connectivity index (χ0n) is 8.58. The zero-order valence-corrected chi connectivity index (χ0v) is 8.58. The van der Waals surface area contributed by atoms with Gasteiger partial charge in [-0.25, -0.2) is 4.98 Å². The van der Waals surface area contributed by atoms with Gasteiger partial charge in [0, 0.05) is 0 Å². The Balaban J connectivity index is 2.29. The number of nitrogens with zero attached hydrogens (tertiary/aromatic N) is 3. The fourth-order valence-corrected chi connectivity index (χ4v) is 1.74. The Morgan fingerprint density at radius 3 is 2.76 bits per heavy atom. The van der Waals surface area contributed by atoms with E-state index in [2.05, 4.69) is 4.98 Å². The maximum atomic E-state index is 10.7. The first kappa shape index (κ1) is 11.9. The molecule has 1 aliphatic heterocycles. The first-order chi connectivity index (χ1) is 8.06. The molecule has 4 atom stereocenters. The first-order valence-electron chi connectivity index (χ1n) is 4.85. The molecule has 1 saturated heterocycles. The quantitative estimate of drug-likeness (QED) is 0.431. The third-order valence-corrected chi connectivity index (χ3v) is 2.62. The van der Waals surface area contributed by atoms with E-state index in [4.69, 9.17) is 9.84 Å². The van der Waals surface area contributed by atoms with Crippen molar-refractivity contribution in [2.75, 3.05) is 6.61 Å². The van der Waals surface area contributed by atoms with Crippen LogP contribution in [-0.4, -0.2) is 54.7 Å². The van der Waals surface area contributed by atoms with Gasteiger partial charge in [-0.2, -0.15) is 4.57 Å². The van der Waals surface area contributed by atoms with Crippen LogP contribution in [0.15, 0.2) is 12.5 Å². The molecule has 0 saturated carbocycles. The molecule has 17 heavy (non-hydrogen) atoms. The molecule has 0 aliphatic carbocycles. The summed E-state index contributed by atoms with van der Waals surface area (Å²) in [5.74, 6) is -0.361. The van der Waals surface area contributed by atoms with Gasteiger partial charge in [-0.05, 0) is 4.92 Å². The summed E-state index contributed by atoms with van der Waals surface area (Å²) in [6, 6.07) is 0. The highest BCUT2D eigenvalue weighted by Gasteiger charge is 2.47. The van der Waals surface area contributed by atoms with Crippen LogP contribution < -0.4 is 0 Å². The van der Waals surface area contributed by atoms with Gasteiger partial charge in [0.15, 0.2) is 6.33 Å². The van der Waals surface area contributed by atoms with Crippen molar-refractivity contribution in [2.24, 2.45) is 0 Å². The molecule has 94 valence electrons. The van der Waals surface area contributed by atoms with E-state index >= 15 is 0 Å². The average Bonchev–Trinajstić information content (AvgIpc) is 2.86. The Morgan fingerprint density at radius 2 is 2.24 bits per heavy atom. The summed E-state index contributed by atoms with van der Waals surface area (Å²) < 4.78 is 6.14. The number of rotatable bonds is 3. The Hall–Kier alpha value is -1.55. The molecule has 1 aromatic heterocycles. The third-order valence-electron chi connectivity index (χ3n) is 2.62. The largest absolute Gasteiger partial charge is 0.394 e. The van der Waals surface area contributed by atoms with E-state index in [1.807, 2.05) is 0 Å². The molecule has 0 spiro atoms. The third kappa shape index (κ3) is 1.89. The predicted molar refractivity (Wildman–Crippen MR) is 51.9 cm³/mol. The van der Waals surface area contributed by atoms with Crippen molar-refractivity contribution in [1.29, 1.82) is 0 Å². The number of imidazole rings is 1. The molecule has 2 heterocycles. The number of aliphatic hydroxyl groups excluding tert-OH is 3. The smallest absolute Gasteiger partial charge is 0.344 e. The van der Waals surface area contributed by atoms with Crippen LogP contribution in [-0.2, 0) is 4.74 Å². The topological polar surface area (TPSA) is 131 Å². The van der Waals surface area contributed by atoms with Crippen molar-refractivity contribution >= 4 is 5.82 Å². The highest BCUT2D eigenvalue weighted by atomic mass is 16.6. The summed E-state index contributed by atoms with van der Waals surface area (Å²) in [6.45, 7) is -0.489. The highest BCUT2D eigenvalue weighted by Crippen LogP contribution is 2.31. The van der Waals surface area contributed by atoms with Gasteiger partial charge in [-0.1, -0.05) is 0 Å². The monoisotopic (exact) mass is 245 g/mol. The van der Waals surface area contributed by atoms with E-state index in [1.165, 1.54) is 0 Å². The lowest BCUT2D eigenvalue weighted by Gasteiger charge is -2.12. The van der Waals surface area contributed by atoms with Gasteiger partial charge in [0.2, 0.25) is 6.23 Å². The molecule has 0 amide bonds. The molecule has 1 aromatic rings. The Bertz CT molecular complexity index is 421. The molecule has 9 nitrogen and oxygen atoms in total. The maximum Gasteiger partial charge on any atom is 0.344 e. The minimum Gasteiger partial charge on any atom is -0.394 e. The molecule has 1 aliphatic rings. The lowest BCUT2D eigenvalue weighted by molar-refractivity contribution is -0.394. The molecule has 0 radical (unpaired) electrons. The molecule has 9 heteroatoms. The lowest BCUT2D eigenvalue weighted by Crippen LogP contribution is -2.33. The number of ether oxygens (including phenoxy) is 1. The van der Waals surface area contributed by atoms with Crippen LogP contribution in [0, 0.1) is 10.1 Å². The fourth-order valence-electron chi connectivity index (χ4n) is 1.74. The van der Waals surface area contributed by atoms with Crippen molar-refractivity contribution in [1.82, 2.24) is 9.55 Å². The molecule has 0 unspecified atom stereocenters. The molecule has 1 fully saturated rings. The Kier molecular flexibility index (Phi) is 3.07. The minimum absolute atomic E-state index is 0.361. The molecule has 3 N–H and O–H groups in total. The molecule has 0 aromatic carbocycles. The van der Waals surface area contributed by atoms with Crippen LogP contribution in [0.3, 0.4) is 0 Å². The van der Waals surface area contributed by atoms with Gasteiger partial charge in [0.1, 0.15) is 24.5 Å². The number of hydrogen-bond acceptors (Lipinski definition) is 7. The average molecular weight is 245 g/mol. The second-order valence-corrected chi connectivity index (χ2v) is 3.65. The van der Waals surface area contributed by atoms with Crippen LogP contribution in [0.25, 0.3) is 0 Å². The van der Waals surface area contributed by atoms with Crippen LogP contribution in [0.1, 0.15) is 6.23 Å². The molecule has 2 rings (SSSR count). The molecular formula is C8H11N3O6. The summed E-state index contributed by atoms with van der Waals surface area (Å²) in [4.78, 5) is 13.6. The van der Waals surface area contributed by atoms with E-state index in [0.717, 1.165) is 17.1 Å². The normalized spacial score (nSPS) is 32.9. The van der Waals surface area contributed by atoms with Gasteiger partial charge in [-0.3, -0.25) is 0 Å². The standard InChI is InChI=1S/C8H11N3O6/c12-2-4-6(13)7(14)8(17-4)10-3-9-1-5(10)11(15)16/h1,3-4,6-8,12-14H,2H2/t4-,6-,7-,8+/m1/s1. The van der Waals surface area contributed by atoms with Gasteiger partial charge >= 0.3 is 5.82 Å². The fraction of sp³-hybridized carbons (Fsp3) is 0.625. The van der Waals surface area contributed by atoms with Gasteiger partial charge in [0.25, 0.3) is 0 Å². The second kappa shape index (κ2) is 4.37. The lowest BCUT2D eigenvalue weighted by atomic mass is 10.1.